The molecule has 8 nitrogen and oxygen atoms in total. The summed E-state index contributed by atoms with van der Waals surface area (Å²) in [5, 5.41) is 17.4. The number of nitrogens with one attached hydrogen (secondary N) is 2. The molecule has 0 aliphatic heterocycles. The second kappa shape index (κ2) is 9.04. The van der Waals surface area contributed by atoms with Crippen LogP contribution in [0.2, 0.25) is 0 Å². The number of amides is 2. The van der Waals surface area contributed by atoms with Gasteiger partial charge in [0.05, 0.1) is 5.25 Å². The lowest BCUT2D eigenvalue weighted by Gasteiger charge is -2.11. The third-order valence-corrected chi connectivity index (χ3v) is 4.48. The third kappa shape index (κ3) is 6.30. The van der Waals surface area contributed by atoms with Crippen molar-refractivity contribution in [2.45, 2.75) is 30.9 Å². The summed E-state index contributed by atoms with van der Waals surface area (Å²) >= 11 is 1.35. The topological polar surface area (TPSA) is 122 Å². The van der Waals surface area contributed by atoms with Crippen molar-refractivity contribution >= 4 is 41.1 Å². The molecule has 2 aromatic rings. The molecule has 0 saturated heterocycles. The Morgan fingerprint density at radius 1 is 1.22 bits per heavy atom. The molecule has 1 aromatic carbocycles. The van der Waals surface area contributed by atoms with Crippen LogP contribution >= 0.6 is 11.8 Å². The minimum atomic E-state index is -1.15. The number of carbonyl (C=O) groups is 3. The predicted molar refractivity (Wildman–Crippen MR) is 102 cm³/mol. The van der Waals surface area contributed by atoms with Crippen molar-refractivity contribution < 1.29 is 24.0 Å². The fraction of sp³-hybridized carbons (Fsp3) is 0.222. The first-order valence-corrected chi connectivity index (χ1v) is 8.86. The van der Waals surface area contributed by atoms with Gasteiger partial charge in [0.15, 0.2) is 5.82 Å². The molecular formula is C18H19N3O5S. The molecule has 2 amide bonds. The van der Waals surface area contributed by atoms with Gasteiger partial charge >= 0.3 is 5.97 Å². The van der Waals surface area contributed by atoms with Crippen LogP contribution in [0.15, 0.2) is 51.4 Å². The van der Waals surface area contributed by atoms with E-state index in [4.69, 9.17) is 9.63 Å². The SMILES string of the molecule is CC(=CC(=O)Nc1ccc(SC(C)C(=O)Nc2cc(C)on2)cc1)C(=O)O. The number of aryl methyl sites for hydroxylation is 1. The largest absolute Gasteiger partial charge is 0.478 e. The highest BCUT2D eigenvalue weighted by atomic mass is 32.2. The van der Waals surface area contributed by atoms with Gasteiger partial charge < -0.3 is 20.3 Å². The van der Waals surface area contributed by atoms with E-state index >= 15 is 0 Å². The minimum Gasteiger partial charge on any atom is -0.478 e. The van der Waals surface area contributed by atoms with Crippen molar-refractivity contribution in [2.24, 2.45) is 0 Å². The van der Waals surface area contributed by atoms with Crippen molar-refractivity contribution in [2.75, 3.05) is 10.6 Å². The maximum absolute atomic E-state index is 12.2. The Bertz CT molecular complexity index is 873. The maximum atomic E-state index is 12.2. The van der Waals surface area contributed by atoms with E-state index in [0.29, 0.717) is 17.3 Å². The molecule has 0 spiro atoms. The van der Waals surface area contributed by atoms with E-state index in [2.05, 4.69) is 15.8 Å². The normalized spacial score (nSPS) is 12.3. The fourth-order valence-corrected chi connectivity index (χ4v) is 2.83. The zero-order chi connectivity index (χ0) is 20.0. The second-order valence-corrected chi connectivity index (χ2v) is 7.13. The molecule has 1 heterocycles. The number of carbonyl (C=O) groups excluding carboxylic acids is 2. The molecule has 142 valence electrons. The van der Waals surface area contributed by atoms with Crippen molar-refractivity contribution in [3.63, 3.8) is 0 Å². The highest BCUT2D eigenvalue weighted by Gasteiger charge is 2.16. The Balaban J connectivity index is 1.90. The quantitative estimate of drug-likeness (QED) is 0.491. The number of aromatic nitrogens is 1. The lowest BCUT2D eigenvalue weighted by Crippen LogP contribution is -2.22. The van der Waals surface area contributed by atoms with Gasteiger partial charge in [-0.15, -0.1) is 11.8 Å². The zero-order valence-corrected chi connectivity index (χ0v) is 15.8. The first-order chi connectivity index (χ1) is 12.7. The van der Waals surface area contributed by atoms with Crippen LogP contribution in [-0.4, -0.2) is 33.3 Å². The number of hydrogen-bond donors (Lipinski definition) is 3. The van der Waals surface area contributed by atoms with Gasteiger partial charge in [0.25, 0.3) is 0 Å². The lowest BCUT2D eigenvalue weighted by molar-refractivity contribution is -0.132. The molecule has 1 aromatic heterocycles. The van der Waals surface area contributed by atoms with Crippen LogP contribution in [0, 0.1) is 6.92 Å². The Labute approximate surface area is 160 Å². The number of carboxylic acids is 1. The molecular weight excluding hydrogens is 370 g/mol. The first-order valence-electron chi connectivity index (χ1n) is 7.98. The van der Waals surface area contributed by atoms with E-state index in [-0.39, 0.29) is 16.7 Å². The molecule has 1 atom stereocenters. The molecule has 2 rings (SSSR count). The number of carboxylic acid groups (broad SMARTS) is 1. The summed E-state index contributed by atoms with van der Waals surface area (Å²) in [6.45, 7) is 4.84. The Morgan fingerprint density at radius 3 is 2.44 bits per heavy atom. The van der Waals surface area contributed by atoms with Crippen LogP contribution in [0.5, 0.6) is 0 Å². The number of nitrogens with zero attached hydrogens (tertiary/aromatic N) is 1. The molecule has 1 unspecified atom stereocenters. The average Bonchev–Trinajstić information content (AvgIpc) is 3.01. The van der Waals surface area contributed by atoms with Crippen molar-refractivity contribution in [3.05, 3.63) is 47.7 Å². The molecule has 0 bridgehead atoms. The number of hydrogen-bond acceptors (Lipinski definition) is 6. The first kappa shape index (κ1) is 20.2. The summed E-state index contributed by atoms with van der Waals surface area (Å²) in [4.78, 5) is 35.5. The standard InChI is InChI=1S/C18H19N3O5S/c1-10(18(24)25)8-16(22)19-13-4-6-14(7-5-13)27-12(3)17(23)20-15-9-11(2)26-21-15/h4-9,12H,1-3H3,(H,19,22)(H,24,25)(H,20,21,23). The summed E-state index contributed by atoms with van der Waals surface area (Å²) in [5.41, 5.74) is 0.468. The average molecular weight is 389 g/mol. The number of rotatable bonds is 7. The van der Waals surface area contributed by atoms with Gasteiger partial charge in [-0.2, -0.15) is 0 Å². The summed E-state index contributed by atoms with van der Waals surface area (Å²) in [6.07, 6.45) is 1.02. The number of thioether (sulfide) groups is 1. The van der Waals surface area contributed by atoms with E-state index in [1.165, 1.54) is 18.7 Å². The van der Waals surface area contributed by atoms with Gasteiger partial charge in [0.1, 0.15) is 5.76 Å². The summed E-state index contributed by atoms with van der Waals surface area (Å²) in [5.74, 6) is -0.903. The molecule has 0 saturated carbocycles. The molecule has 0 fully saturated rings. The third-order valence-electron chi connectivity index (χ3n) is 3.37. The molecule has 0 aliphatic rings. The molecule has 0 radical (unpaired) electrons. The zero-order valence-electron chi connectivity index (χ0n) is 15.0. The van der Waals surface area contributed by atoms with Crippen LogP contribution in [0.25, 0.3) is 0 Å². The van der Waals surface area contributed by atoms with Crippen LogP contribution < -0.4 is 10.6 Å². The highest BCUT2D eigenvalue weighted by Crippen LogP contribution is 2.25. The van der Waals surface area contributed by atoms with Gasteiger partial charge in [-0.05, 0) is 45.0 Å². The molecule has 3 N–H and O–H groups in total. The van der Waals surface area contributed by atoms with Gasteiger partial charge in [-0.1, -0.05) is 5.16 Å². The highest BCUT2D eigenvalue weighted by molar-refractivity contribution is 8.00. The molecule has 27 heavy (non-hydrogen) atoms. The predicted octanol–water partition coefficient (Wildman–Crippen LogP) is 3.07. The maximum Gasteiger partial charge on any atom is 0.331 e. The minimum absolute atomic E-state index is 0.0539. The second-order valence-electron chi connectivity index (χ2n) is 5.72. The number of benzene rings is 1. The van der Waals surface area contributed by atoms with Gasteiger partial charge in [0.2, 0.25) is 11.8 Å². The van der Waals surface area contributed by atoms with Gasteiger partial charge in [-0.3, -0.25) is 9.59 Å². The van der Waals surface area contributed by atoms with Gasteiger partial charge in [-0.25, -0.2) is 4.79 Å². The lowest BCUT2D eigenvalue weighted by atomic mass is 10.2. The number of aliphatic carboxylic acids is 1. The molecule has 9 heteroatoms. The Morgan fingerprint density at radius 2 is 1.89 bits per heavy atom. The molecule has 0 aliphatic carbocycles. The van der Waals surface area contributed by atoms with Crippen molar-refractivity contribution in [1.82, 2.24) is 5.16 Å². The fourth-order valence-electron chi connectivity index (χ4n) is 1.96. The summed E-state index contributed by atoms with van der Waals surface area (Å²) in [7, 11) is 0. The number of anilines is 2. The van der Waals surface area contributed by atoms with Crippen LogP contribution in [0.1, 0.15) is 19.6 Å². The summed E-state index contributed by atoms with van der Waals surface area (Å²) < 4.78 is 4.90. The van der Waals surface area contributed by atoms with E-state index in [0.717, 1.165) is 11.0 Å². The summed E-state index contributed by atoms with van der Waals surface area (Å²) in [6, 6.07) is 8.51. The van der Waals surface area contributed by atoms with Gasteiger partial charge in [0, 0.05) is 28.3 Å². The Kier molecular flexibility index (Phi) is 6.78. The van der Waals surface area contributed by atoms with E-state index < -0.39 is 11.9 Å². The monoisotopic (exact) mass is 389 g/mol. The smallest absolute Gasteiger partial charge is 0.331 e. The Hall–Kier alpha value is -3.07. The van der Waals surface area contributed by atoms with Crippen LogP contribution in [0.3, 0.4) is 0 Å². The van der Waals surface area contributed by atoms with E-state index in [9.17, 15) is 14.4 Å². The van der Waals surface area contributed by atoms with E-state index in [1.807, 2.05) is 0 Å². The van der Waals surface area contributed by atoms with Crippen LogP contribution in [-0.2, 0) is 14.4 Å². The van der Waals surface area contributed by atoms with Crippen molar-refractivity contribution in [1.29, 1.82) is 0 Å². The van der Waals surface area contributed by atoms with Crippen LogP contribution in [0.4, 0.5) is 11.5 Å². The van der Waals surface area contributed by atoms with Crippen molar-refractivity contribution in [3.8, 4) is 0 Å². The van der Waals surface area contributed by atoms with E-state index in [1.54, 1.807) is 44.2 Å².